The molecule has 0 saturated heterocycles. The lowest BCUT2D eigenvalue weighted by Crippen LogP contribution is -2.30. The molecule has 6 heteroatoms. The van der Waals surface area contributed by atoms with Crippen molar-refractivity contribution >= 4 is 17.9 Å². The number of hydrogen-bond acceptors (Lipinski definition) is 6. The molecular weight excluding hydrogens is 697 g/mol. The van der Waals surface area contributed by atoms with Crippen molar-refractivity contribution in [2.45, 2.75) is 264 Å². The smallest absolute Gasteiger partial charge is 0.306 e. The van der Waals surface area contributed by atoms with Gasteiger partial charge in [-0.15, -0.1) is 0 Å². The van der Waals surface area contributed by atoms with Crippen LogP contribution in [0.25, 0.3) is 0 Å². The standard InChI is InChI=1S/C50H92O6/c1-4-7-10-13-16-19-22-24-26-28-31-34-37-40-43-49(52)55-46-47(45-54-48(51)42-39-36-33-30-27-21-18-15-12-9-6-3)56-50(53)44-41-38-35-32-29-25-23-20-17-14-11-8-5-2/h20,22-24,47H,4-19,21,25-46H2,1-3H3/b23-20-,24-22-/t47-/m1/s1. The van der Waals surface area contributed by atoms with Crippen LogP contribution in [-0.4, -0.2) is 37.2 Å². The van der Waals surface area contributed by atoms with Crippen LogP contribution in [0.5, 0.6) is 0 Å². The van der Waals surface area contributed by atoms with Crippen LogP contribution in [0.15, 0.2) is 24.3 Å². The molecule has 0 spiro atoms. The molecule has 0 aliphatic carbocycles. The third-order valence-electron chi connectivity index (χ3n) is 10.7. The third kappa shape index (κ3) is 43.0. The fraction of sp³-hybridized carbons (Fsp3) is 0.860. The number of carbonyl (C=O) groups is 3. The van der Waals surface area contributed by atoms with Gasteiger partial charge < -0.3 is 14.2 Å². The summed E-state index contributed by atoms with van der Waals surface area (Å²) in [5.74, 6) is -0.885. The fourth-order valence-electron chi connectivity index (χ4n) is 6.96. The van der Waals surface area contributed by atoms with E-state index in [1.165, 1.54) is 148 Å². The molecule has 0 bridgehead atoms. The van der Waals surface area contributed by atoms with Crippen molar-refractivity contribution in [1.29, 1.82) is 0 Å². The number of ether oxygens (including phenoxy) is 3. The number of esters is 3. The van der Waals surface area contributed by atoms with E-state index in [4.69, 9.17) is 14.2 Å². The molecule has 0 aliphatic heterocycles. The van der Waals surface area contributed by atoms with Gasteiger partial charge in [-0.2, -0.15) is 0 Å². The predicted octanol–water partition coefficient (Wildman–Crippen LogP) is 15.6. The zero-order valence-electron chi connectivity index (χ0n) is 37.4. The van der Waals surface area contributed by atoms with Crippen molar-refractivity contribution in [2.24, 2.45) is 0 Å². The van der Waals surface area contributed by atoms with Crippen molar-refractivity contribution in [2.75, 3.05) is 13.2 Å². The van der Waals surface area contributed by atoms with Gasteiger partial charge in [0.2, 0.25) is 0 Å². The summed E-state index contributed by atoms with van der Waals surface area (Å²) in [5, 5.41) is 0. The molecular formula is C50H92O6. The van der Waals surface area contributed by atoms with E-state index in [-0.39, 0.29) is 31.1 Å². The molecule has 0 unspecified atom stereocenters. The molecule has 0 N–H and O–H groups in total. The van der Waals surface area contributed by atoms with Gasteiger partial charge in [0.1, 0.15) is 13.2 Å². The average Bonchev–Trinajstić information content (AvgIpc) is 3.19. The average molecular weight is 789 g/mol. The highest BCUT2D eigenvalue weighted by Gasteiger charge is 2.19. The number of allylic oxidation sites excluding steroid dienone is 4. The SMILES string of the molecule is CCCCCC/C=C\CCCCCCCC(=O)O[C@@H](COC(=O)CCCCCCC/C=C\CCCCCCC)COC(=O)CCCCCCCCCCCCC. The molecule has 328 valence electrons. The summed E-state index contributed by atoms with van der Waals surface area (Å²) in [6.45, 7) is 6.60. The molecule has 0 aromatic rings. The Balaban J connectivity index is 4.37. The normalized spacial score (nSPS) is 12.1. The van der Waals surface area contributed by atoms with E-state index >= 15 is 0 Å². The highest BCUT2D eigenvalue weighted by atomic mass is 16.6. The maximum atomic E-state index is 12.7. The Morgan fingerprint density at radius 3 is 0.911 bits per heavy atom. The molecule has 6 nitrogen and oxygen atoms in total. The maximum absolute atomic E-state index is 12.7. The summed E-state index contributed by atoms with van der Waals surface area (Å²) in [4.78, 5) is 37.8. The highest BCUT2D eigenvalue weighted by Crippen LogP contribution is 2.15. The quantitative estimate of drug-likeness (QED) is 0.0265. The Bertz CT molecular complexity index is 911. The second-order valence-electron chi connectivity index (χ2n) is 16.4. The van der Waals surface area contributed by atoms with Gasteiger partial charge in [-0.3, -0.25) is 14.4 Å². The summed E-state index contributed by atoms with van der Waals surface area (Å²) in [6.07, 6.45) is 50.1. The lowest BCUT2D eigenvalue weighted by molar-refractivity contribution is -0.167. The van der Waals surface area contributed by atoms with Crippen LogP contribution in [0.3, 0.4) is 0 Å². The largest absolute Gasteiger partial charge is 0.462 e. The van der Waals surface area contributed by atoms with E-state index in [1.807, 2.05) is 0 Å². The van der Waals surface area contributed by atoms with Crippen LogP contribution in [0.2, 0.25) is 0 Å². The molecule has 0 amide bonds. The summed E-state index contributed by atoms with van der Waals surface area (Å²) in [7, 11) is 0. The molecule has 0 heterocycles. The van der Waals surface area contributed by atoms with Crippen LogP contribution in [0.4, 0.5) is 0 Å². The van der Waals surface area contributed by atoms with Gasteiger partial charge in [-0.25, -0.2) is 0 Å². The Labute approximate surface area is 347 Å². The lowest BCUT2D eigenvalue weighted by Gasteiger charge is -2.18. The monoisotopic (exact) mass is 789 g/mol. The summed E-state index contributed by atoms with van der Waals surface area (Å²) >= 11 is 0. The van der Waals surface area contributed by atoms with E-state index in [0.717, 1.165) is 70.6 Å². The zero-order valence-corrected chi connectivity index (χ0v) is 37.4. The first-order valence-electron chi connectivity index (χ1n) is 24.3. The van der Waals surface area contributed by atoms with Crippen molar-refractivity contribution < 1.29 is 28.6 Å². The molecule has 0 fully saturated rings. The highest BCUT2D eigenvalue weighted by molar-refractivity contribution is 5.71. The van der Waals surface area contributed by atoms with Gasteiger partial charge >= 0.3 is 17.9 Å². The molecule has 56 heavy (non-hydrogen) atoms. The van der Waals surface area contributed by atoms with E-state index < -0.39 is 6.10 Å². The van der Waals surface area contributed by atoms with Crippen LogP contribution >= 0.6 is 0 Å². The van der Waals surface area contributed by atoms with Gasteiger partial charge in [-0.05, 0) is 70.6 Å². The molecule has 0 aromatic carbocycles. The van der Waals surface area contributed by atoms with Crippen molar-refractivity contribution in [1.82, 2.24) is 0 Å². The Kier molecular flexibility index (Phi) is 43.9. The molecule has 0 rings (SSSR count). The van der Waals surface area contributed by atoms with Gasteiger partial charge in [0.05, 0.1) is 0 Å². The summed E-state index contributed by atoms with van der Waals surface area (Å²) in [6, 6.07) is 0. The minimum absolute atomic E-state index is 0.0741. The van der Waals surface area contributed by atoms with Crippen molar-refractivity contribution in [3.63, 3.8) is 0 Å². The van der Waals surface area contributed by atoms with Crippen LogP contribution < -0.4 is 0 Å². The van der Waals surface area contributed by atoms with Crippen LogP contribution in [0, 0.1) is 0 Å². The number of rotatable bonds is 44. The van der Waals surface area contributed by atoms with Gasteiger partial charge in [0, 0.05) is 19.3 Å². The molecule has 0 aliphatic rings. The molecule has 0 saturated carbocycles. The minimum atomic E-state index is -0.772. The van der Waals surface area contributed by atoms with E-state index in [9.17, 15) is 14.4 Å². The summed E-state index contributed by atoms with van der Waals surface area (Å²) in [5.41, 5.74) is 0. The minimum Gasteiger partial charge on any atom is -0.462 e. The van der Waals surface area contributed by atoms with Crippen molar-refractivity contribution in [3.05, 3.63) is 24.3 Å². The second kappa shape index (κ2) is 45.6. The molecule has 1 atom stereocenters. The predicted molar refractivity (Wildman–Crippen MR) is 238 cm³/mol. The first-order valence-corrected chi connectivity index (χ1v) is 24.3. The Hall–Kier alpha value is -2.11. The fourth-order valence-corrected chi connectivity index (χ4v) is 6.96. The van der Waals surface area contributed by atoms with Crippen molar-refractivity contribution in [3.8, 4) is 0 Å². The topological polar surface area (TPSA) is 78.9 Å². The van der Waals surface area contributed by atoms with Gasteiger partial charge in [0.15, 0.2) is 6.10 Å². The zero-order chi connectivity index (χ0) is 40.8. The third-order valence-corrected chi connectivity index (χ3v) is 10.7. The van der Waals surface area contributed by atoms with Gasteiger partial charge in [-0.1, -0.05) is 193 Å². The number of carbonyl (C=O) groups excluding carboxylic acids is 3. The van der Waals surface area contributed by atoms with Crippen LogP contribution in [-0.2, 0) is 28.6 Å². The summed E-state index contributed by atoms with van der Waals surface area (Å²) < 4.78 is 16.7. The number of hydrogen-bond donors (Lipinski definition) is 0. The Morgan fingerprint density at radius 1 is 0.339 bits per heavy atom. The number of unbranched alkanes of at least 4 members (excludes halogenated alkanes) is 29. The second-order valence-corrected chi connectivity index (χ2v) is 16.4. The maximum Gasteiger partial charge on any atom is 0.306 e. The lowest BCUT2D eigenvalue weighted by atomic mass is 10.1. The first kappa shape index (κ1) is 53.9. The van der Waals surface area contributed by atoms with Crippen LogP contribution in [0.1, 0.15) is 258 Å². The van der Waals surface area contributed by atoms with Gasteiger partial charge in [0.25, 0.3) is 0 Å². The molecule has 0 radical (unpaired) electrons. The van der Waals surface area contributed by atoms with E-state index in [1.54, 1.807) is 0 Å². The Morgan fingerprint density at radius 2 is 0.589 bits per heavy atom. The van der Waals surface area contributed by atoms with E-state index in [2.05, 4.69) is 45.1 Å². The van der Waals surface area contributed by atoms with E-state index in [0.29, 0.717) is 19.3 Å². The first-order chi connectivity index (χ1) is 27.5. The molecule has 0 aromatic heterocycles.